The van der Waals surface area contributed by atoms with Gasteiger partial charge in [0.05, 0.1) is 0 Å². The van der Waals surface area contributed by atoms with Crippen molar-refractivity contribution in [1.29, 1.82) is 0 Å². The summed E-state index contributed by atoms with van der Waals surface area (Å²) in [6.07, 6.45) is 3.33. The summed E-state index contributed by atoms with van der Waals surface area (Å²) in [4.78, 5) is 0.458. The fraction of sp³-hybridized carbons (Fsp3) is 0.438. The van der Waals surface area contributed by atoms with Crippen LogP contribution in [0.5, 0.6) is 0 Å². The molecule has 0 amide bonds. The molecule has 7 atom stereocenters. The van der Waals surface area contributed by atoms with E-state index < -0.39 is 49.3 Å². The van der Waals surface area contributed by atoms with E-state index in [0.717, 1.165) is 31.4 Å². The molecule has 3 aromatic rings. The second kappa shape index (κ2) is 9.79. The molecule has 4 saturated carbocycles. The Hall–Kier alpha value is -2.43. The van der Waals surface area contributed by atoms with Crippen molar-refractivity contribution in [2.24, 2.45) is 41.4 Å². The van der Waals surface area contributed by atoms with Crippen LogP contribution in [0.1, 0.15) is 32.1 Å². The average Bonchev–Trinajstić information content (AvgIpc) is 3.78. The Kier molecular flexibility index (Phi) is 6.61. The SMILES string of the molecule is O=S(=O)(OS(c1ccccc1)(c1ccccc1)c1ccc(F)cc1)C(F)(F)C(F)(F)C1CC2CC1C1C3CCC(C3)C21. The second-order valence-electron chi connectivity index (χ2n) is 12.3. The Labute approximate surface area is 244 Å². The van der Waals surface area contributed by atoms with Gasteiger partial charge in [0.25, 0.3) is 0 Å². The van der Waals surface area contributed by atoms with Gasteiger partial charge in [-0.1, -0.05) is 36.4 Å². The van der Waals surface area contributed by atoms with Gasteiger partial charge in [-0.05, 0) is 126 Å². The Morgan fingerprint density at radius 1 is 0.643 bits per heavy atom. The highest BCUT2D eigenvalue weighted by Crippen LogP contribution is 2.73. The first kappa shape index (κ1) is 28.3. The highest BCUT2D eigenvalue weighted by Gasteiger charge is 2.76. The normalized spacial score (nSPS) is 30.9. The lowest BCUT2D eigenvalue weighted by Crippen LogP contribution is -2.55. The van der Waals surface area contributed by atoms with Crippen molar-refractivity contribution < 1.29 is 34.0 Å². The summed E-state index contributed by atoms with van der Waals surface area (Å²) >= 11 is 0. The van der Waals surface area contributed by atoms with Gasteiger partial charge in [0.2, 0.25) is 0 Å². The molecule has 0 heterocycles. The van der Waals surface area contributed by atoms with Crippen molar-refractivity contribution >= 4 is 20.4 Å². The van der Waals surface area contributed by atoms with Crippen molar-refractivity contribution in [3.63, 3.8) is 0 Å². The van der Waals surface area contributed by atoms with Gasteiger partial charge in [-0.15, -0.1) is 0 Å². The highest BCUT2D eigenvalue weighted by molar-refractivity contribution is 8.33. The van der Waals surface area contributed by atoms with Gasteiger partial charge in [0, 0.05) is 20.6 Å². The third-order valence-corrected chi connectivity index (χ3v) is 15.6. The predicted octanol–water partition coefficient (Wildman–Crippen LogP) is 8.92. The molecule has 3 aromatic carbocycles. The summed E-state index contributed by atoms with van der Waals surface area (Å²) in [6, 6.07) is 20.2. The maximum Gasteiger partial charge on any atom is 0.432 e. The number of hydrogen-bond donors (Lipinski definition) is 0. The quantitative estimate of drug-likeness (QED) is 0.186. The van der Waals surface area contributed by atoms with Crippen LogP contribution < -0.4 is 0 Å². The molecular formula is C32H31F5O3S2. The van der Waals surface area contributed by atoms with Crippen molar-refractivity contribution in [2.45, 2.75) is 58.0 Å². The van der Waals surface area contributed by atoms with Crippen molar-refractivity contribution in [3.05, 3.63) is 90.7 Å². The second-order valence-corrected chi connectivity index (χ2v) is 16.8. The topological polar surface area (TPSA) is 43.4 Å². The molecule has 0 saturated heterocycles. The summed E-state index contributed by atoms with van der Waals surface area (Å²) < 4.78 is 112. The molecule has 4 bridgehead atoms. The molecule has 7 unspecified atom stereocenters. The highest BCUT2D eigenvalue weighted by atomic mass is 32.3. The first-order chi connectivity index (χ1) is 20.0. The lowest BCUT2D eigenvalue weighted by Gasteiger charge is -2.44. The molecule has 0 radical (unpaired) electrons. The first-order valence-corrected chi connectivity index (χ1v) is 17.3. The van der Waals surface area contributed by atoms with E-state index in [1.807, 2.05) is 0 Å². The molecule has 0 N–H and O–H groups in total. The van der Waals surface area contributed by atoms with E-state index in [9.17, 15) is 12.8 Å². The molecule has 7 rings (SSSR count). The van der Waals surface area contributed by atoms with Crippen LogP contribution in [-0.4, -0.2) is 19.6 Å². The lowest BCUT2D eigenvalue weighted by molar-refractivity contribution is -0.209. The Bertz CT molecular complexity index is 1530. The first-order valence-electron chi connectivity index (χ1n) is 14.4. The molecule has 0 spiro atoms. The lowest BCUT2D eigenvalue weighted by atomic mass is 9.66. The van der Waals surface area contributed by atoms with Gasteiger partial charge in [0.1, 0.15) is 5.82 Å². The molecule has 42 heavy (non-hydrogen) atoms. The molecule has 10 heteroatoms. The van der Waals surface area contributed by atoms with Crippen LogP contribution >= 0.6 is 10.3 Å². The minimum absolute atomic E-state index is 0.0321. The Morgan fingerprint density at radius 3 is 1.74 bits per heavy atom. The molecule has 4 aliphatic rings. The Balaban J connectivity index is 1.31. The standard InChI is InChI=1S/C32H31F5O3S2/c33-23-13-15-26(16-14-23)41(24-7-3-1-4-8-24,25-9-5-2-6-10-25)40-42(38,39)32(36,37)31(34,35)28-19-22-18-27(28)30-21-12-11-20(17-21)29(22)30/h1-10,13-16,20-22,27-30H,11-12,17-19H2. The number of benzene rings is 3. The molecule has 224 valence electrons. The summed E-state index contributed by atoms with van der Waals surface area (Å²) in [5.74, 6) is -6.88. The van der Waals surface area contributed by atoms with Crippen molar-refractivity contribution in [1.82, 2.24) is 0 Å². The number of rotatable bonds is 8. The largest absolute Gasteiger partial charge is 0.432 e. The minimum Gasteiger partial charge on any atom is -0.207 e. The molecule has 4 aliphatic carbocycles. The molecule has 0 aromatic heterocycles. The van der Waals surface area contributed by atoms with Crippen LogP contribution in [0, 0.1) is 47.2 Å². The maximum absolute atomic E-state index is 16.1. The Morgan fingerprint density at radius 2 is 1.17 bits per heavy atom. The minimum atomic E-state index is -6.26. The summed E-state index contributed by atoms with van der Waals surface area (Å²) in [7, 11) is -9.83. The van der Waals surface area contributed by atoms with Crippen LogP contribution in [0.25, 0.3) is 0 Å². The predicted molar refractivity (Wildman–Crippen MR) is 149 cm³/mol. The van der Waals surface area contributed by atoms with Crippen LogP contribution in [0.2, 0.25) is 0 Å². The zero-order valence-electron chi connectivity index (χ0n) is 22.6. The zero-order chi connectivity index (χ0) is 29.5. The molecular weight excluding hydrogens is 591 g/mol. The monoisotopic (exact) mass is 622 g/mol. The third kappa shape index (κ3) is 3.97. The number of hydrogen-bond acceptors (Lipinski definition) is 3. The fourth-order valence-electron chi connectivity index (χ4n) is 8.92. The van der Waals surface area contributed by atoms with E-state index in [4.69, 9.17) is 3.63 Å². The summed E-state index contributed by atoms with van der Waals surface area (Å²) in [5, 5.41) is -5.50. The van der Waals surface area contributed by atoms with Gasteiger partial charge in [-0.3, -0.25) is 0 Å². The summed E-state index contributed by atoms with van der Waals surface area (Å²) in [5.41, 5.74) is 0. The third-order valence-electron chi connectivity index (χ3n) is 10.4. The van der Waals surface area contributed by atoms with Crippen LogP contribution in [0.4, 0.5) is 22.0 Å². The van der Waals surface area contributed by atoms with Crippen LogP contribution in [0.3, 0.4) is 0 Å². The van der Waals surface area contributed by atoms with E-state index in [0.29, 0.717) is 18.3 Å². The van der Waals surface area contributed by atoms with Crippen molar-refractivity contribution in [2.75, 3.05) is 0 Å². The van der Waals surface area contributed by atoms with E-state index in [1.165, 1.54) is 36.4 Å². The molecule has 3 nitrogen and oxygen atoms in total. The van der Waals surface area contributed by atoms with Gasteiger partial charge >= 0.3 is 21.3 Å². The van der Waals surface area contributed by atoms with Gasteiger partial charge in [-0.2, -0.15) is 26.0 Å². The van der Waals surface area contributed by atoms with Gasteiger partial charge < -0.3 is 0 Å². The zero-order valence-corrected chi connectivity index (χ0v) is 24.2. The number of halogens is 5. The maximum atomic E-state index is 16.1. The summed E-state index contributed by atoms with van der Waals surface area (Å²) in [6.45, 7) is 0. The van der Waals surface area contributed by atoms with E-state index >= 15 is 17.6 Å². The van der Waals surface area contributed by atoms with E-state index in [2.05, 4.69) is 0 Å². The molecule has 4 fully saturated rings. The van der Waals surface area contributed by atoms with Crippen LogP contribution in [0.15, 0.2) is 99.6 Å². The average molecular weight is 623 g/mol. The smallest absolute Gasteiger partial charge is 0.207 e. The number of fused-ring (bicyclic) bond motifs is 9. The van der Waals surface area contributed by atoms with E-state index in [-0.39, 0.29) is 38.9 Å². The van der Waals surface area contributed by atoms with Gasteiger partial charge in [-0.25, -0.2) is 8.02 Å². The fourth-order valence-corrected chi connectivity index (χ4v) is 14.2. The van der Waals surface area contributed by atoms with E-state index in [1.54, 1.807) is 36.4 Å². The number of alkyl halides is 4. The van der Waals surface area contributed by atoms with Gasteiger partial charge in [0.15, 0.2) is 0 Å². The molecule has 0 aliphatic heterocycles. The van der Waals surface area contributed by atoms with Crippen LogP contribution in [-0.2, 0) is 13.7 Å². The van der Waals surface area contributed by atoms with Crippen molar-refractivity contribution in [3.8, 4) is 0 Å².